The van der Waals surface area contributed by atoms with Crippen LogP contribution in [0, 0.1) is 0 Å². The van der Waals surface area contributed by atoms with Crippen LogP contribution in [0.15, 0.2) is 6.20 Å². The molecule has 1 aromatic heterocycles. The van der Waals surface area contributed by atoms with Crippen molar-refractivity contribution in [2.24, 2.45) is 0 Å². The largest absolute Gasteiger partial charge is 0.462 e. The third-order valence-corrected chi connectivity index (χ3v) is 2.73. The molecule has 82 valence electrons. The second-order valence-electron chi connectivity index (χ2n) is 3.27. The number of aromatic nitrogens is 2. The van der Waals surface area contributed by atoms with Crippen molar-refractivity contribution in [1.82, 2.24) is 7.99 Å². The molecule has 1 fully saturated rings. The first-order valence-electron chi connectivity index (χ1n) is 4.73. The fourth-order valence-corrected chi connectivity index (χ4v) is 1.93. The average molecular weight is 322 g/mol. The van der Waals surface area contributed by atoms with Gasteiger partial charge in [-0.25, -0.2) is 7.69 Å². The lowest BCUT2D eigenvalue weighted by molar-refractivity contribution is 0.00590. The van der Waals surface area contributed by atoms with Crippen LogP contribution in [0.25, 0.3) is 0 Å². The van der Waals surface area contributed by atoms with E-state index >= 15 is 0 Å². The lowest BCUT2D eigenvalue weighted by Crippen LogP contribution is -2.27. The summed E-state index contributed by atoms with van der Waals surface area (Å²) in [4.78, 5) is 11.6. The van der Waals surface area contributed by atoms with Gasteiger partial charge in [-0.3, -0.25) is 0 Å². The van der Waals surface area contributed by atoms with E-state index in [4.69, 9.17) is 9.47 Å². The topological polar surface area (TPSA) is 53.4 Å². The molecule has 0 unspecified atom stereocenters. The molecule has 0 N–H and O–H groups in total. The Labute approximate surface area is 101 Å². The summed E-state index contributed by atoms with van der Waals surface area (Å²) in [5.74, 6) is -0.0669. The summed E-state index contributed by atoms with van der Waals surface area (Å²) in [7, 11) is 0. The highest BCUT2D eigenvalue weighted by molar-refractivity contribution is 14.1. The van der Waals surface area contributed by atoms with Gasteiger partial charge in [-0.15, -0.1) is 0 Å². The molecule has 1 aromatic rings. The predicted molar refractivity (Wildman–Crippen MR) is 61.2 cm³/mol. The van der Waals surface area contributed by atoms with Gasteiger partial charge < -0.3 is 9.47 Å². The first kappa shape index (κ1) is 10.9. The molecule has 0 bridgehead atoms. The van der Waals surface area contributed by atoms with Crippen LogP contribution in [0.2, 0.25) is 0 Å². The number of nitrogens with zero attached hydrogens (tertiary/aromatic N) is 2. The Morgan fingerprint density at radius 2 is 2.53 bits per heavy atom. The molecule has 1 aliphatic heterocycles. The van der Waals surface area contributed by atoms with Gasteiger partial charge in [0.15, 0.2) is 0 Å². The van der Waals surface area contributed by atoms with Gasteiger partial charge in [0.05, 0.1) is 60.5 Å². The van der Waals surface area contributed by atoms with E-state index in [0.717, 1.165) is 5.69 Å². The molecule has 0 saturated carbocycles. The zero-order chi connectivity index (χ0) is 10.8. The van der Waals surface area contributed by atoms with Gasteiger partial charge in [-0.05, 0) is 6.92 Å². The second kappa shape index (κ2) is 4.48. The summed E-state index contributed by atoms with van der Waals surface area (Å²) in [6, 6.07) is 0. The highest BCUT2D eigenvalue weighted by Gasteiger charge is 2.29. The number of halogens is 1. The van der Waals surface area contributed by atoms with E-state index in [1.807, 2.05) is 22.9 Å². The van der Waals surface area contributed by atoms with Gasteiger partial charge in [-0.2, -0.15) is 5.10 Å². The van der Waals surface area contributed by atoms with Gasteiger partial charge >= 0.3 is 5.97 Å². The Balaban J connectivity index is 2.24. The maximum Gasteiger partial charge on any atom is 0.341 e. The summed E-state index contributed by atoms with van der Waals surface area (Å²) in [6.45, 7) is 3.45. The molecule has 2 rings (SSSR count). The van der Waals surface area contributed by atoms with E-state index in [1.165, 1.54) is 0 Å². The number of carbonyl (C=O) groups is 1. The number of hydrogen-bond acceptors (Lipinski definition) is 4. The monoisotopic (exact) mass is 322 g/mol. The van der Waals surface area contributed by atoms with Gasteiger partial charge in [0, 0.05) is 0 Å². The molecule has 5 nitrogen and oxygen atoms in total. The van der Waals surface area contributed by atoms with Crippen LogP contribution in [0.4, 0.5) is 0 Å². The normalized spacial score (nSPS) is 16.1. The van der Waals surface area contributed by atoms with Crippen molar-refractivity contribution >= 4 is 28.8 Å². The quantitative estimate of drug-likeness (QED) is 0.623. The highest BCUT2D eigenvalue weighted by atomic mass is 127. The molecule has 0 spiro atoms. The molecule has 1 aliphatic rings. The smallest absolute Gasteiger partial charge is 0.341 e. The van der Waals surface area contributed by atoms with Crippen molar-refractivity contribution in [3.8, 4) is 0 Å². The Kier molecular flexibility index (Phi) is 3.25. The summed E-state index contributed by atoms with van der Waals surface area (Å²) in [5, 5.41) is 4.26. The Morgan fingerprint density at radius 1 is 1.80 bits per heavy atom. The number of hydrogen-bond donors (Lipinski definition) is 0. The third-order valence-electron chi connectivity index (χ3n) is 2.23. The van der Waals surface area contributed by atoms with Crippen molar-refractivity contribution in [3.05, 3.63) is 17.5 Å². The molecule has 0 atom stereocenters. The Bertz CT molecular complexity index is 373. The lowest BCUT2D eigenvalue weighted by atomic mass is 10.0. The minimum Gasteiger partial charge on any atom is -0.462 e. The molecule has 1 saturated heterocycles. The number of rotatable bonds is 3. The minimum atomic E-state index is -0.303. The van der Waals surface area contributed by atoms with Gasteiger partial charge in [0.2, 0.25) is 0 Å². The van der Waals surface area contributed by atoms with E-state index < -0.39 is 0 Å². The van der Waals surface area contributed by atoms with Gasteiger partial charge in [0.25, 0.3) is 0 Å². The molecular weight excluding hydrogens is 311 g/mol. The van der Waals surface area contributed by atoms with Gasteiger partial charge in [0.1, 0.15) is 5.56 Å². The van der Waals surface area contributed by atoms with Gasteiger partial charge in [-0.1, -0.05) is 0 Å². The fraction of sp³-hybridized carbons (Fsp3) is 0.556. The van der Waals surface area contributed by atoms with Crippen LogP contribution < -0.4 is 0 Å². The van der Waals surface area contributed by atoms with Crippen molar-refractivity contribution < 1.29 is 14.3 Å². The second-order valence-corrected chi connectivity index (χ2v) is 4.26. The summed E-state index contributed by atoms with van der Waals surface area (Å²) < 4.78 is 11.7. The van der Waals surface area contributed by atoms with E-state index in [9.17, 15) is 4.79 Å². The summed E-state index contributed by atoms with van der Waals surface area (Å²) in [6.07, 6.45) is 1.69. The van der Waals surface area contributed by atoms with E-state index in [-0.39, 0.29) is 11.9 Å². The first-order chi connectivity index (χ1) is 7.22. The van der Waals surface area contributed by atoms with Crippen LogP contribution in [-0.4, -0.2) is 33.8 Å². The summed E-state index contributed by atoms with van der Waals surface area (Å²) in [5.41, 5.74) is 1.34. The SMILES string of the molecule is CCOC(=O)c1cn(I)nc1C1COC1. The molecule has 0 aromatic carbocycles. The van der Waals surface area contributed by atoms with Crippen LogP contribution in [0.1, 0.15) is 28.9 Å². The summed E-state index contributed by atoms with van der Waals surface area (Å²) >= 11 is 2.02. The number of ether oxygens (including phenoxy) is 2. The van der Waals surface area contributed by atoms with Crippen molar-refractivity contribution in [2.75, 3.05) is 19.8 Å². The number of carbonyl (C=O) groups excluding carboxylic acids is 1. The van der Waals surface area contributed by atoms with Crippen LogP contribution in [0.5, 0.6) is 0 Å². The molecule has 0 radical (unpaired) electrons. The number of esters is 1. The lowest BCUT2D eigenvalue weighted by Gasteiger charge is -2.24. The zero-order valence-corrected chi connectivity index (χ0v) is 10.4. The van der Waals surface area contributed by atoms with Crippen LogP contribution in [0.3, 0.4) is 0 Å². The molecule has 0 amide bonds. The Morgan fingerprint density at radius 3 is 3.07 bits per heavy atom. The Hall–Kier alpha value is -0.630. The third kappa shape index (κ3) is 2.15. The van der Waals surface area contributed by atoms with E-state index in [2.05, 4.69) is 5.10 Å². The predicted octanol–water partition coefficient (Wildman–Crippen LogP) is 1.37. The molecule has 2 heterocycles. The van der Waals surface area contributed by atoms with Crippen LogP contribution >= 0.6 is 22.9 Å². The first-order valence-corrected chi connectivity index (χ1v) is 5.69. The van der Waals surface area contributed by atoms with E-state index in [1.54, 1.807) is 16.0 Å². The minimum absolute atomic E-state index is 0.237. The van der Waals surface area contributed by atoms with E-state index in [0.29, 0.717) is 25.4 Å². The van der Waals surface area contributed by atoms with Crippen LogP contribution in [-0.2, 0) is 9.47 Å². The molecule has 15 heavy (non-hydrogen) atoms. The maximum atomic E-state index is 11.6. The average Bonchev–Trinajstić information content (AvgIpc) is 2.45. The zero-order valence-electron chi connectivity index (χ0n) is 8.27. The highest BCUT2D eigenvalue weighted by Crippen LogP contribution is 2.26. The molecular formula is C9H11IN2O3. The van der Waals surface area contributed by atoms with Crippen molar-refractivity contribution in [3.63, 3.8) is 0 Å². The maximum absolute atomic E-state index is 11.6. The molecule has 6 heteroatoms. The van der Waals surface area contributed by atoms with Crippen molar-refractivity contribution in [1.29, 1.82) is 0 Å². The fourth-order valence-electron chi connectivity index (χ4n) is 1.42. The molecule has 0 aliphatic carbocycles. The van der Waals surface area contributed by atoms with Crippen molar-refractivity contribution in [2.45, 2.75) is 12.8 Å². The standard InChI is InChI=1S/C9H11IN2O3/c1-2-15-9(13)7-3-12(10)11-8(7)6-4-14-5-6/h3,6H,2,4-5H2,1H3.